The van der Waals surface area contributed by atoms with Gasteiger partial charge in [0.1, 0.15) is 0 Å². The van der Waals surface area contributed by atoms with Gasteiger partial charge in [-0.25, -0.2) is 8.42 Å². The maximum absolute atomic E-state index is 12.0. The summed E-state index contributed by atoms with van der Waals surface area (Å²) in [6.45, 7) is 2.24. The van der Waals surface area contributed by atoms with Crippen LogP contribution in [0.3, 0.4) is 0 Å². The number of ether oxygens (including phenoxy) is 3. The maximum atomic E-state index is 12.0. The van der Waals surface area contributed by atoms with E-state index in [-0.39, 0.29) is 42.1 Å². The van der Waals surface area contributed by atoms with Gasteiger partial charge in [-0.1, -0.05) is 11.8 Å². The summed E-state index contributed by atoms with van der Waals surface area (Å²) in [5.74, 6) is 1.14. The van der Waals surface area contributed by atoms with Gasteiger partial charge in [-0.3, -0.25) is 9.79 Å². The quantitative estimate of drug-likeness (QED) is 0.695. The van der Waals surface area contributed by atoms with Crippen LogP contribution in [0.1, 0.15) is 6.92 Å². The lowest BCUT2D eigenvalue weighted by Crippen LogP contribution is -2.39. The predicted molar refractivity (Wildman–Crippen MR) is 97.8 cm³/mol. The van der Waals surface area contributed by atoms with Crippen molar-refractivity contribution in [3.63, 3.8) is 0 Å². The number of rotatable bonds is 4. The molecule has 1 aromatic carbocycles. The summed E-state index contributed by atoms with van der Waals surface area (Å²) in [6.07, 6.45) is 0. The summed E-state index contributed by atoms with van der Waals surface area (Å²) in [7, 11) is -3.13. The molecule has 10 heteroatoms. The smallest absolute Gasteiger partial charge is 0.316 e. The molecule has 1 fully saturated rings. The second-order valence-corrected chi connectivity index (χ2v) is 9.22. The molecule has 0 saturated carbocycles. The summed E-state index contributed by atoms with van der Waals surface area (Å²) in [6, 6.07) is 4.86. The Kier molecular flexibility index (Phi) is 4.47. The van der Waals surface area contributed by atoms with Crippen LogP contribution < -0.4 is 14.4 Å². The van der Waals surface area contributed by atoms with Crippen molar-refractivity contribution in [2.75, 3.05) is 35.6 Å². The van der Waals surface area contributed by atoms with Crippen LogP contribution in [0.5, 0.6) is 11.5 Å². The summed E-state index contributed by atoms with van der Waals surface area (Å²) < 4.78 is 39.8. The summed E-state index contributed by atoms with van der Waals surface area (Å²) in [5, 5.41) is 0.627. The minimum atomic E-state index is -3.13. The first-order valence-corrected chi connectivity index (χ1v) is 11.0. The van der Waals surface area contributed by atoms with Crippen molar-refractivity contribution < 1.29 is 27.4 Å². The summed E-state index contributed by atoms with van der Waals surface area (Å²) >= 11 is 1.26. The van der Waals surface area contributed by atoms with Gasteiger partial charge in [0, 0.05) is 11.8 Å². The van der Waals surface area contributed by atoms with Gasteiger partial charge in [0.25, 0.3) is 0 Å². The largest absolute Gasteiger partial charge is 0.465 e. The van der Waals surface area contributed by atoms with Crippen molar-refractivity contribution in [2.45, 2.75) is 19.0 Å². The fourth-order valence-corrected chi connectivity index (χ4v) is 6.06. The van der Waals surface area contributed by atoms with Crippen LogP contribution in [0, 0.1) is 0 Å². The molecule has 3 aliphatic heterocycles. The number of benzene rings is 1. The molecule has 3 heterocycles. The minimum absolute atomic E-state index is 0.0299. The third kappa shape index (κ3) is 3.23. The van der Waals surface area contributed by atoms with Gasteiger partial charge in [-0.05, 0) is 19.1 Å². The van der Waals surface area contributed by atoms with Crippen LogP contribution in [0.4, 0.5) is 5.69 Å². The van der Waals surface area contributed by atoms with E-state index in [9.17, 15) is 13.2 Å². The Labute approximate surface area is 155 Å². The van der Waals surface area contributed by atoms with Gasteiger partial charge in [-0.2, -0.15) is 0 Å². The number of hydrogen-bond acceptors (Lipinski definition) is 9. The number of carbonyl (C=O) groups is 1. The Morgan fingerprint density at radius 3 is 2.96 bits per heavy atom. The molecular formula is C16H18N2O6S2. The number of hydrogen-bond donors (Lipinski definition) is 0. The van der Waals surface area contributed by atoms with Gasteiger partial charge < -0.3 is 19.1 Å². The molecule has 3 aliphatic rings. The van der Waals surface area contributed by atoms with E-state index in [1.54, 1.807) is 13.0 Å². The standard InChI is InChI=1S/C16H18N2O6S2/c1-2-22-15(19)6-25-16-17-11-7-26(20,21)8-12(11)18(16)10-3-4-13-14(5-10)24-9-23-13/h3-5,11-12H,2,6-9H2,1H3/t11-,12-/m0/s1. The highest BCUT2D eigenvalue weighted by atomic mass is 32.2. The lowest BCUT2D eigenvalue weighted by Gasteiger charge is -2.26. The highest BCUT2D eigenvalue weighted by Gasteiger charge is 2.47. The van der Waals surface area contributed by atoms with E-state index < -0.39 is 9.84 Å². The van der Waals surface area contributed by atoms with Gasteiger partial charge in [0.05, 0.1) is 35.9 Å². The molecule has 140 valence electrons. The third-order valence-electron chi connectivity index (χ3n) is 4.37. The Morgan fingerprint density at radius 1 is 1.35 bits per heavy atom. The molecule has 4 rings (SSSR count). The number of amidine groups is 1. The van der Waals surface area contributed by atoms with Crippen molar-refractivity contribution in [3.05, 3.63) is 18.2 Å². The van der Waals surface area contributed by atoms with E-state index in [0.717, 1.165) is 5.69 Å². The molecule has 0 amide bonds. The predicted octanol–water partition coefficient (Wildman–Crippen LogP) is 1.05. The number of aliphatic imine (C=N–C) groups is 1. The van der Waals surface area contributed by atoms with E-state index in [2.05, 4.69) is 4.99 Å². The highest BCUT2D eigenvalue weighted by Crippen LogP contribution is 2.40. The molecule has 0 bridgehead atoms. The molecule has 8 nitrogen and oxygen atoms in total. The Balaban J connectivity index is 1.62. The molecule has 0 aromatic heterocycles. The molecule has 1 saturated heterocycles. The number of fused-ring (bicyclic) bond motifs is 2. The number of anilines is 1. The molecule has 0 aliphatic carbocycles. The monoisotopic (exact) mass is 398 g/mol. The fourth-order valence-electron chi connectivity index (χ4n) is 3.30. The van der Waals surface area contributed by atoms with E-state index >= 15 is 0 Å². The SMILES string of the molecule is CCOC(=O)CSC1=N[C@H]2CS(=O)(=O)C[C@@H]2N1c1ccc2c(c1)OCO2. The molecule has 2 atom stereocenters. The van der Waals surface area contributed by atoms with Crippen molar-refractivity contribution in [1.29, 1.82) is 0 Å². The Bertz CT molecular complexity index is 869. The van der Waals surface area contributed by atoms with Gasteiger partial charge >= 0.3 is 5.97 Å². The van der Waals surface area contributed by atoms with E-state index in [1.807, 2.05) is 17.0 Å². The second kappa shape index (κ2) is 6.66. The van der Waals surface area contributed by atoms with Crippen molar-refractivity contribution in [1.82, 2.24) is 0 Å². The van der Waals surface area contributed by atoms with Gasteiger partial charge in [0.15, 0.2) is 26.5 Å². The third-order valence-corrected chi connectivity index (χ3v) is 7.01. The first-order valence-electron chi connectivity index (χ1n) is 8.22. The van der Waals surface area contributed by atoms with Crippen molar-refractivity contribution >= 4 is 38.4 Å². The number of carbonyl (C=O) groups excluding carboxylic acids is 1. The highest BCUT2D eigenvalue weighted by molar-refractivity contribution is 8.14. The number of nitrogens with zero attached hydrogens (tertiary/aromatic N) is 2. The average Bonchev–Trinajstić information content (AvgIpc) is 3.24. The Hall–Kier alpha value is -1.94. The topological polar surface area (TPSA) is 94.5 Å². The minimum Gasteiger partial charge on any atom is -0.465 e. The molecule has 0 N–H and O–H groups in total. The molecular weight excluding hydrogens is 380 g/mol. The van der Waals surface area contributed by atoms with Crippen LogP contribution in [0.15, 0.2) is 23.2 Å². The van der Waals surface area contributed by atoms with Crippen LogP contribution in [0.2, 0.25) is 0 Å². The van der Waals surface area contributed by atoms with Crippen LogP contribution >= 0.6 is 11.8 Å². The lowest BCUT2D eigenvalue weighted by molar-refractivity contribution is -0.139. The van der Waals surface area contributed by atoms with Crippen molar-refractivity contribution in [2.24, 2.45) is 4.99 Å². The fraction of sp³-hybridized carbons (Fsp3) is 0.500. The van der Waals surface area contributed by atoms with Crippen LogP contribution in [-0.4, -0.2) is 62.3 Å². The molecule has 0 spiro atoms. The average molecular weight is 398 g/mol. The summed E-state index contributed by atoms with van der Waals surface area (Å²) in [4.78, 5) is 18.2. The lowest BCUT2D eigenvalue weighted by atomic mass is 10.1. The van der Waals surface area contributed by atoms with Crippen LogP contribution in [-0.2, 0) is 19.4 Å². The zero-order valence-corrected chi connectivity index (χ0v) is 15.7. The number of thioether (sulfide) groups is 1. The van der Waals surface area contributed by atoms with E-state index in [4.69, 9.17) is 14.2 Å². The molecule has 1 aromatic rings. The normalized spacial score (nSPS) is 25.1. The zero-order valence-electron chi connectivity index (χ0n) is 14.1. The molecule has 0 unspecified atom stereocenters. The molecule has 0 radical (unpaired) electrons. The second-order valence-electron chi connectivity index (χ2n) is 6.12. The van der Waals surface area contributed by atoms with Gasteiger partial charge in [-0.15, -0.1) is 0 Å². The summed E-state index contributed by atoms with van der Waals surface area (Å²) in [5.41, 5.74) is 0.772. The first kappa shape index (κ1) is 17.5. The van der Waals surface area contributed by atoms with Crippen molar-refractivity contribution in [3.8, 4) is 11.5 Å². The van der Waals surface area contributed by atoms with Gasteiger partial charge in [0.2, 0.25) is 6.79 Å². The maximum Gasteiger partial charge on any atom is 0.316 e. The zero-order chi connectivity index (χ0) is 18.3. The van der Waals surface area contributed by atoms with E-state index in [0.29, 0.717) is 23.3 Å². The van der Waals surface area contributed by atoms with Crippen LogP contribution in [0.25, 0.3) is 0 Å². The van der Waals surface area contributed by atoms with E-state index in [1.165, 1.54) is 11.8 Å². The number of esters is 1. The molecule has 26 heavy (non-hydrogen) atoms. The first-order chi connectivity index (χ1) is 12.5. The number of sulfone groups is 1. The Morgan fingerprint density at radius 2 is 2.15 bits per heavy atom.